The molecule has 1 atom stereocenters. The molecule has 0 saturated heterocycles. The van der Waals surface area contributed by atoms with Crippen LogP contribution in [0.4, 0.5) is 5.69 Å². The monoisotopic (exact) mass is 316 g/mol. The Morgan fingerprint density at radius 1 is 1.41 bits per heavy atom. The predicted octanol–water partition coefficient (Wildman–Crippen LogP) is 3.18. The van der Waals surface area contributed by atoms with Gasteiger partial charge in [-0.3, -0.25) is 4.79 Å². The lowest BCUT2D eigenvalue weighted by Gasteiger charge is -2.17. The first-order chi connectivity index (χ1) is 10.4. The molecule has 2 heterocycles. The summed E-state index contributed by atoms with van der Waals surface area (Å²) >= 11 is 1.45. The maximum atomic E-state index is 12.8. The van der Waals surface area contributed by atoms with Gasteiger partial charge in [-0.25, -0.2) is 4.98 Å². The summed E-state index contributed by atoms with van der Waals surface area (Å²) in [6.07, 6.45) is 1.67. The normalized spacial score (nSPS) is 17.6. The van der Waals surface area contributed by atoms with Crippen LogP contribution in [0.1, 0.15) is 46.9 Å². The fourth-order valence-corrected chi connectivity index (χ4v) is 3.62. The number of carbonyl (C=O) groups excluding carboxylic acids is 1. The van der Waals surface area contributed by atoms with Crippen molar-refractivity contribution < 1.29 is 9.90 Å². The number of aromatic nitrogens is 1. The molecule has 1 aromatic carbocycles. The van der Waals surface area contributed by atoms with Crippen LogP contribution < -0.4 is 4.90 Å². The molecule has 0 fully saturated rings. The number of aliphatic hydroxyl groups is 1. The zero-order valence-corrected chi connectivity index (χ0v) is 13.9. The standard InChI is InChI=1S/C17H20N2O2S/c1-17(2,3)16-18-8-14(22-16)15(21)19-9-11(10-20)12-6-4-5-7-13(12)19/h4-8,11,20H,9-10H2,1-3H3. The molecular formula is C17H20N2O2S. The van der Waals surface area contributed by atoms with Crippen LogP contribution in [0.2, 0.25) is 0 Å². The molecule has 4 nitrogen and oxygen atoms in total. The average Bonchev–Trinajstić information content (AvgIpc) is 3.11. The van der Waals surface area contributed by atoms with E-state index in [1.807, 2.05) is 24.3 Å². The summed E-state index contributed by atoms with van der Waals surface area (Å²) in [6.45, 7) is 6.85. The molecule has 1 aliphatic rings. The van der Waals surface area contributed by atoms with Crippen LogP contribution >= 0.6 is 11.3 Å². The van der Waals surface area contributed by atoms with Crippen LogP contribution in [0, 0.1) is 0 Å². The topological polar surface area (TPSA) is 53.4 Å². The SMILES string of the molecule is CC(C)(C)c1ncc(C(=O)N2CC(CO)c3ccccc32)s1. The van der Waals surface area contributed by atoms with Crippen molar-refractivity contribution >= 4 is 22.9 Å². The summed E-state index contributed by atoms with van der Waals surface area (Å²) in [6, 6.07) is 7.79. The number of amides is 1. The summed E-state index contributed by atoms with van der Waals surface area (Å²) in [5, 5.41) is 10.5. The van der Waals surface area contributed by atoms with Gasteiger partial charge in [-0.15, -0.1) is 11.3 Å². The Bertz CT molecular complexity index is 703. The van der Waals surface area contributed by atoms with Crippen LogP contribution in [0.15, 0.2) is 30.5 Å². The van der Waals surface area contributed by atoms with E-state index >= 15 is 0 Å². The van der Waals surface area contributed by atoms with Gasteiger partial charge in [0.2, 0.25) is 0 Å². The van der Waals surface area contributed by atoms with Crippen molar-refractivity contribution in [2.45, 2.75) is 32.1 Å². The lowest BCUT2D eigenvalue weighted by atomic mass is 9.98. The average molecular weight is 316 g/mol. The van der Waals surface area contributed by atoms with E-state index in [9.17, 15) is 9.90 Å². The van der Waals surface area contributed by atoms with E-state index in [-0.39, 0.29) is 23.8 Å². The van der Waals surface area contributed by atoms with Gasteiger partial charge in [0.15, 0.2) is 0 Å². The molecule has 0 aliphatic carbocycles. The van der Waals surface area contributed by atoms with Gasteiger partial charge < -0.3 is 10.0 Å². The summed E-state index contributed by atoms with van der Waals surface area (Å²) in [5.74, 6) is -0.0356. The molecule has 22 heavy (non-hydrogen) atoms. The predicted molar refractivity (Wildman–Crippen MR) is 88.8 cm³/mol. The van der Waals surface area contributed by atoms with Crippen molar-refractivity contribution in [2.75, 3.05) is 18.1 Å². The van der Waals surface area contributed by atoms with E-state index in [2.05, 4.69) is 25.8 Å². The molecule has 0 bridgehead atoms. The van der Waals surface area contributed by atoms with Crippen LogP contribution in [0.3, 0.4) is 0 Å². The van der Waals surface area contributed by atoms with E-state index < -0.39 is 0 Å². The Labute approximate surface area is 134 Å². The van der Waals surface area contributed by atoms with Gasteiger partial charge >= 0.3 is 0 Å². The van der Waals surface area contributed by atoms with Gasteiger partial charge in [0.25, 0.3) is 5.91 Å². The molecule has 1 aromatic heterocycles. The van der Waals surface area contributed by atoms with Crippen molar-refractivity contribution in [2.24, 2.45) is 0 Å². The highest BCUT2D eigenvalue weighted by atomic mass is 32.1. The van der Waals surface area contributed by atoms with E-state index in [1.165, 1.54) is 11.3 Å². The van der Waals surface area contributed by atoms with Crippen LogP contribution in [-0.2, 0) is 5.41 Å². The number of para-hydroxylation sites is 1. The van der Waals surface area contributed by atoms with Crippen molar-refractivity contribution in [1.29, 1.82) is 0 Å². The van der Waals surface area contributed by atoms with Gasteiger partial charge in [0.1, 0.15) is 4.88 Å². The molecule has 1 N–H and O–H groups in total. The third kappa shape index (κ3) is 2.55. The lowest BCUT2D eigenvalue weighted by molar-refractivity contribution is 0.0990. The first-order valence-corrected chi connectivity index (χ1v) is 8.21. The first kappa shape index (κ1) is 15.2. The fraction of sp³-hybridized carbons (Fsp3) is 0.412. The number of hydrogen-bond acceptors (Lipinski definition) is 4. The molecule has 3 rings (SSSR count). The van der Waals surface area contributed by atoms with E-state index in [4.69, 9.17) is 0 Å². The number of nitrogens with zero attached hydrogens (tertiary/aromatic N) is 2. The molecule has 0 radical (unpaired) electrons. The van der Waals surface area contributed by atoms with Gasteiger partial charge in [-0.05, 0) is 11.6 Å². The summed E-state index contributed by atoms with van der Waals surface area (Å²) < 4.78 is 0. The summed E-state index contributed by atoms with van der Waals surface area (Å²) in [5.41, 5.74) is 1.89. The third-order valence-electron chi connectivity index (χ3n) is 3.89. The second kappa shape index (κ2) is 5.48. The number of thiazole rings is 1. The Morgan fingerprint density at radius 2 is 2.14 bits per heavy atom. The summed E-state index contributed by atoms with van der Waals surface area (Å²) in [4.78, 5) is 19.6. The van der Waals surface area contributed by atoms with Crippen LogP contribution in [-0.4, -0.2) is 29.1 Å². The molecule has 1 unspecified atom stereocenters. The van der Waals surface area contributed by atoms with Crippen molar-refractivity contribution in [3.63, 3.8) is 0 Å². The Morgan fingerprint density at radius 3 is 2.77 bits per heavy atom. The maximum absolute atomic E-state index is 12.8. The molecule has 116 valence electrons. The molecule has 2 aromatic rings. The highest BCUT2D eigenvalue weighted by Crippen LogP contribution is 2.37. The van der Waals surface area contributed by atoms with E-state index in [0.717, 1.165) is 16.3 Å². The fourth-order valence-electron chi connectivity index (χ4n) is 2.70. The highest BCUT2D eigenvalue weighted by Gasteiger charge is 2.33. The first-order valence-electron chi connectivity index (χ1n) is 7.40. The Balaban J connectivity index is 1.92. The maximum Gasteiger partial charge on any atom is 0.270 e. The van der Waals surface area contributed by atoms with Gasteiger partial charge in [0.05, 0.1) is 17.8 Å². The smallest absolute Gasteiger partial charge is 0.270 e. The van der Waals surface area contributed by atoms with E-state index in [1.54, 1.807) is 11.1 Å². The quantitative estimate of drug-likeness (QED) is 0.926. The second-order valence-electron chi connectivity index (χ2n) is 6.63. The largest absolute Gasteiger partial charge is 0.396 e. The van der Waals surface area contributed by atoms with Crippen molar-refractivity contribution in [3.8, 4) is 0 Å². The number of fused-ring (bicyclic) bond motifs is 1. The highest BCUT2D eigenvalue weighted by molar-refractivity contribution is 7.13. The minimum Gasteiger partial charge on any atom is -0.396 e. The minimum absolute atomic E-state index is 0.00448. The van der Waals surface area contributed by atoms with Crippen LogP contribution in [0.5, 0.6) is 0 Å². The van der Waals surface area contributed by atoms with Crippen molar-refractivity contribution in [3.05, 3.63) is 45.9 Å². The zero-order chi connectivity index (χ0) is 15.9. The molecule has 0 saturated carbocycles. The number of aliphatic hydroxyl groups excluding tert-OH is 1. The summed E-state index contributed by atoms with van der Waals surface area (Å²) in [7, 11) is 0. The van der Waals surface area contributed by atoms with Gasteiger partial charge in [-0.1, -0.05) is 39.0 Å². The number of hydrogen-bond donors (Lipinski definition) is 1. The molecule has 0 spiro atoms. The van der Waals surface area contributed by atoms with Crippen LogP contribution in [0.25, 0.3) is 0 Å². The number of carbonyl (C=O) groups is 1. The zero-order valence-electron chi connectivity index (χ0n) is 13.0. The minimum atomic E-state index is -0.0558. The van der Waals surface area contributed by atoms with Gasteiger partial charge in [0, 0.05) is 23.6 Å². The Kier molecular flexibility index (Phi) is 3.78. The number of benzene rings is 1. The Hall–Kier alpha value is -1.72. The molecule has 5 heteroatoms. The van der Waals surface area contributed by atoms with Gasteiger partial charge in [-0.2, -0.15) is 0 Å². The number of rotatable bonds is 2. The van der Waals surface area contributed by atoms with E-state index in [0.29, 0.717) is 11.4 Å². The third-order valence-corrected chi connectivity index (χ3v) is 5.31. The number of anilines is 1. The molecular weight excluding hydrogens is 296 g/mol. The molecule has 1 aliphatic heterocycles. The lowest BCUT2D eigenvalue weighted by Crippen LogP contribution is -2.29. The second-order valence-corrected chi connectivity index (χ2v) is 7.66. The van der Waals surface area contributed by atoms with Crippen molar-refractivity contribution in [1.82, 2.24) is 4.98 Å². The molecule has 1 amide bonds.